The molecule has 0 radical (unpaired) electrons. The summed E-state index contributed by atoms with van der Waals surface area (Å²) in [7, 11) is 0. The lowest BCUT2D eigenvalue weighted by Gasteiger charge is -2.15. The maximum Gasteiger partial charge on any atom is 0.471 e. The second-order valence-corrected chi connectivity index (χ2v) is 7.67. The molecule has 2 aromatic rings. The van der Waals surface area contributed by atoms with E-state index in [4.69, 9.17) is 0 Å². The van der Waals surface area contributed by atoms with E-state index >= 15 is 0 Å². The molecule has 0 spiro atoms. The van der Waals surface area contributed by atoms with E-state index in [-0.39, 0.29) is 40.4 Å². The molecule has 0 saturated carbocycles. The largest absolute Gasteiger partial charge is 0.471 e. The van der Waals surface area contributed by atoms with Crippen LogP contribution in [0.4, 0.5) is 18.9 Å². The zero-order valence-corrected chi connectivity index (χ0v) is 17.2. The van der Waals surface area contributed by atoms with Gasteiger partial charge in [-0.1, -0.05) is 32.0 Å². The number of fused-ring (bicyclic) bond motifs is 1. The molecule has 3 rings (SSSR count). The number of anilines is 1. The quantitative estimate of drug-likeness (QED) is 0.664. The number of carbonyl (C=O) groups excluding carboxylic acids is 4. The normalized spacial score (nSPS) is 13.4. The minimum absolute atomic E-state index is 0.0781. The zero-order valence-electron chi connectivity index (χ0n) is 17.2. The first-order valence-electron chi connectivity index (χ1n) is 9.73. The van der Waals surface area contributed by atoms with Crippen molar-refractivity contribution in [2.75, 3.05) is 11.9 Å². The summed E-state index contributed by atoms with van der Waals surface area (Å²) >= 11 is 0. The number of hydrogen-bond acceptors (Lipinski definition) is 4. The second kappa shape index (κ2) is 8.81. The third-order valence-electron chi connectivity index (χ3n) is 4.74. The number of amides is 4. The molecule has 2 N–H and O–H groups in total. The Kier molecular flexibility index (Phi) is 6.33. The molecule has 2 aromatic carbocycles. The molecule has 0 unspecified atom stereocenters. The van der Waals surface area contributed by atoms with Gasteiger partial charge in [0.2, 0.25) is 0 Å². The van der Waals surface area contributed by atoms with Crippen LogP contribution in [0.15, 0.2) is 42.5 Å². The molecule has 0 saturated heterocycles. The maximum absolute atomic E-state index is 12.7. The lowest BCUT2D eigenvalue weighted by Crippen LogP contribution is -2.36. The van der Waals surface area contributed by atoms with E-state index in [9.17, 15) is 32.3 Å². The van der Waals surface area contributed by atoms with Crippen LogP contribution in [0.2, 0.25) is 0 Å². The van der Waals surface area contributed by atoms with Gasteiger partial charge in [-0.25, -0.2) is 0 Å². The van der Waals surface area contributed by atoms with Gasteiger partial charge in [-0.05, 0) is 35.7 Å². The summed E-state index contributed by atoms with van der Waals surface area (Å²) in [6.45, 7) is 3.55. The predicted molar refractivity (Wildman–Crippen MR) is 109 cm³/mol. The van der Waals surface area contributed by atoms with E-state index in [1.54, 1.807) is 17.4 Å². The van der Waals surface area contributed by atoms with Crippen LogP contribution in [0.3, 0.4) is 0 Å². The highest BCUT2D eigenvalue weighted by molar-refractivity contribution is 6.22. The predicted octanol–water partition coefficient (Wildman–Crippen LogP) is 3.37. The number of halogens is 3. The van der Waals surface area contributed by atoms with Crippen molar-refractivity contribution < 1.29 is 32.3 Å². The van der Waals surface area contributed by atoms with E-state index in [1.807, 2.05) is 13.8 Å². The SMILES string of the molecule is CC(C)CN1C(=O)c2ccc(C(=O)Nc3ccccc3CNC(=O)C(F)(F)F)cc2C1=O. The van der Waals surface area contributed by atoms with Gasteiger partial charge in [-0.2, -0.15) is 13.2 Å². The number of para-hydroxylation sites is 1. The van der Waals surface area contributed by atoms with Crippen LogP contribution in [0.5, 0.6) is 0 Å². The van der Waals surface area contributed by atoms with Gasteiger partial charge in [0.25, 0.3) is 17.7 Å². The van der Waals surface area contributed by atoms with Gasteiger partial charge in [0.1, 0.15) is 0 Å². The number of rotatable bonds is 6. The maximum atomic E-state index is 12.7. The Balaban J connectivity index is 1.77. The molecule has 0 fully saturated rings. The van der Waals surface area contributed by atoms with E-state index < -0.39 is 36.3 Å². The monoisotopic (exact) mass is 447 g/mol. The Morgan fingerprint density at radius 3 is 2.31 bits per heavy atom. The minimum Gasteiger partial charge on any atom is -0.344 e. The van der Waals surface area contributed by atoms with Gasteiger partial charge in [0, 0.05) is 24.3 Å². The van der Waals surface area contributed by atoms with Crippen LogP contribution in [0, 0.1) is 5.92 Å². The van der Waals surface area contributed by atoms with Crippen LogP contribution in [-0.2, 0) is 11.3 Å². The van der Waals surface area contributed by atoms with E-state index in [1.165, 1.54) is 30.3 Å². The fourth-order valence-electron chi connectivity index (χ4n) is 3.23. The molecule has 1 heterocycles. The van der Waals surface area contributed by atoms with Crippen molar-refractivity contribution >= 4 is 29.3 Å². The molecule has 1 aliphatic heterocycles. The number of carbonyl (C=O) groups is 4. The third kappa shape index (κ3) is 4.79. The first-order chi connectivity index (χ1) is 15.0. The van der Waals surface area contributed by atoms with Crippen LogP contribution >= 0.6 is 0 Å². The van der Waals surface area contributed by atoms with Crippen LogP contribution in [0.1, 0.15) is 50.5 Å². The van der Waals surface area contributed by atoms with Gasteiger partial charge in [-0.3, -0.25) is 24.1 Å². The van der Waals surface area contributed by atoms with Crippen molar-refractivity contribution in [2.45, 2.75) is 26.6 Å². The molecule has 4 amide bonds. The zero-order chi connectivity index (χ0) is 23.6. The minimum atomic E-state index is -5.02. The molecule has 0 aromatic heterocycles. The Morgan fingerprint density at radius 2 is 1.66 bits per heavy atom. The van der Waals surface area contributed by atoms with Crippen LogP contribution < -0.4 is 10.6 Å². The van der Waals surface area contributed by atoms with Crippen LogP contribution in [-0.4, -0.2) is 41.2 Å². The van der Waals surface area contributed by atoms with Crippen molar-refractivity contribution in [1.29, 1.82) is 0 Å². The number of nitrogens with one attached hydrogen (secondary N) is 2. The molecule has 10 heteroatoms. The van der Waals surface area contributed by atoms with E-state index in [0.29, 0.717) is 0 Å². The smallest absolute Gasteiger partial charge is 0.344 e. The molecular formula is C22H20F3N3O4. The first-order valence-corrected chi connectivity index (χ1v) is 9.73. The van der Waals surface area contributed by atoms with Crippen LogP contribution in [0.25, 0.3) is 0 Å². The molecule has 168 valence electrons. The number of benzene rings is 2. The van der Waals surface area contributed by atoms with Gasteiger partial charge in [0.05, 0.1) is 11.1 Å². The van der Waals surface area contributed by atoms with Gasteiger partial charge < -0.3 is 10.6 Å². The molecule has 0 atom stereocenters. The number of alkyl halides is 3. The highest BCUT2D eigenvalue weighted by Crippen LogP contribution is 2.26. The fourth-order valence-corrected chi connectivity index (χ4v) is 3.23. The van der Waals surface area contributed by atoms with Gasteiger partial charge >= 0.3 is 12.1 Å². The topological polar surface area (TPSA) is 95.6 Å². The third-order valence-corrected chi connectivity index (χ3v) is 4.74. The van der Waals surface area contributed by atoms with E-state index in [2.05, 4.69) is 5.32 Å². The highest BCUT2D eigenvalue weighted by atomic mass is 19.4. The lowest BCUT2D eigenvalue weighted by atomic mass is 10.0. The Hall–Kier alpha value is -3.69. The van der Waals surface area contributed by atoms with Crippen molar-refractivity contribution in [2.24, 2.45) is 5.92 Å². The van der Waals surface area contributed by atoms with Crippen molar-refractivity contribution in [3.05, 3.63) is 64.7 Å². The molecular weight excluding hydrogens is 427 g/mol. The summed E-state index contributed by atoms with van der Waals surface area (Å²) in [6, 6.07) is 10.2. The number of nitrogens with zero attached hydrogens (tertiary/aromatic N) is 1. The van der Waals surface area contributed by atoms with Crippen molar-refractivity contribution in [3.63, 3.8) is 0 Å². The highest BCUT2D eigenvalue weighted by Gasteiger charge is 2.38. The summed E-state index contributed by atoms with van der Waals surface area (Å²) in [6.07, 6.45) is -5.02. The summed E-state index contributed by atoms with van der Waals surface area (Å²) < 4.78 is 37.2. The molecule has 0 aliphatic carbocycles. The first kappa shape index (κ1) is 23.0. The van der Waals surface area contributed by atoms with E-state index in [0.717, 1.165) is 4.90 Å². The van der Waals surface area contributed by atoms with Crippen molar-refractivity contribution in [1.82, 2.24) is 10.2 Å². The standard InChI is InChI=1S/C22H20F3N3O4/c1-12(2)11-28-19(30)15-8-7-13(9-16(15)20(28)31)18(29)27-17-6-4-3-5-14(17)10-26-21(32)22(23,24)25/h3-9,12H,10-11H2,1-2H3,(H,26,32)(H,27,29). The Morgan fingerprint density at radius 1 is 1.00 bits per heavy atom. The van der Waals surface area contributed by atoms with Gasteiger partial charge in [-0.15, -0.1) is 0 Å². The summed E-state index contributed by atoms with van der Waals surface area (Å²) in [5.41, 5.74) is 0.889. The molecule has 1 aliphatic rings. The summed E-state index contributed by atoms with van der Waals surface area (Å²) in [4.78, 5) is 50.0. The van der Waals surface area contributed by atoms with Crippen molar-refractivity contribution in [3.8, 4) is 0 Å². The average Bonchev–Trinajstić information content (AvgIpc) is 2.96. The molecule has 0 bridgehead atoms. The van der Waals surface area contributed by atoms with Gasteiger partial charge in [0.15, 0.2) is 0 Å². The number of hydrogen-bond donors (Lipinski definition) is 2. The second-order valence-electron chi connectivity index (χ2n) is 7.67. The lowest BCUT2D eigenvalue weighted by molar-refractivity contribution is -0.173. The fraction of sp³-hybridized carbons (Fsp3) is 0.273. The molecule has 32 heavy (non-hydrogen) atoms. The number of imide groups is 1. The molecule has 7 nitrogen and oxygen atoms in total. The summed E-state index contributed by atoms with van der Waals surface area (Å²) in [5, 5.41) is 4.32. The average molecular weight is 447 g/mol. The Labute approximate surface area is 181 Å². The Bertz CT molecular complexity index is 1100. The summed E-state index contributed by atoms with van der Waals surface area (Å²) in [5.74, 6) is -3.54.